The summed E-state index contributed by atoms with van der Waals surface area (Å²) < 4.78 is 10.3. The number of nitrogens with one attached hydrogen (secondary N) is 2. The van der Waals surface area contributed by atoms with E-state index in [1.807, 2.05) is 30.3 Å². The van der Waals surface area contributed by atoms with Crippen LogP contribution in [0, 0.1) is 0 Å². The van der Waals surface area contributed by atoms with Crippen molar-refractivity contribution in [1.29, 1.82) is 0 Å². The van der Waals surface area contributed by atoms with Crippen LogP contribution in [0.3, 0.4) is 0 Å². The van der Waals surface area contributed by atoms with Gasteiger partial charge in [0.15, 0.2) is 0 Å². The Bertz CT molecular complexity index is 660. The molecule has 2 N–H and O–H groups in total. The fourth-order valence-corrected chi connectivity index (χ4v) is 2.29. The molecule has 0 aliphatic heterocycles. The number of carbonyl (C=O) groups excluding carboxylic acids is 3. The minimum absolute atomic E-state index is 0.173. The van der Waals surface area contributed by atoms with Crippen LogP contribution >= 0.6 is 0 Å². The van der Waals surface area contributed by atoms with Gasteiger partial charge < -0.3 is 20.1 Å². The number of hydrogen-bond donors (Lipinski definition) is 2. The van der Waals surface area contributed by atoms with Crippen LogP contribution in [-0.2, 0) is 25.7 Å². The van der Waals surface area contributed by atoms with Crippen LogP contribution in [-0.4, -0.2) is 55.5 Å². The van der Waals surface area contributed by atoms with E-state index in [0.29, 0.717) is 6.42 Å². The molecule has 1 aromatic carbocycles. The first-order valence-corrected chi connectivity index (χ1v) is 9.38. The van der Waals surface area contributed by atoms with E-state index in [1.165, 1.54) is 14.2 Å². The molecule has 0 aliphatic carbocycles. The normalized spacial score (nSPS) is 11.9. The topological polar surface area (TPSA) is 106 Å². The molecule has 0 heterocycles. The van der Waals surface area contributed by atoms with Gasteiger partial charge in [0, 0.05) is 13.6 Å². The van der Waals surface area contributed by atoms with Gasteiger partial charge in [-0.05, 0) is 39.2 Å². The van der Waals surface area contributed by atoms with Gasteiger partial charge >= 0.3 is 12.2 Å². The number of rotatable bonds is 9. The van der Waals surface area contributed by atoms with Crippen molar-refractivity contribution in [3.63, 3.8) is 0 Å². The number of benzene rings is 1. The number of hydrogen-bond acceptors (Lipinski definition) is 6. The third kappa shape index (κ3) is 10.3. The average molecular weight is 409 g/mol. The second-order valence-corrected chi connectivity index (χ2v) is 7.35. The molecule has 0 fully saturated rings. The first kappa shape index (κ1) is 24.2. The molecular weight excluding hydrogens is 378 g/mol. The van der Waals surface area contributed by atoms with Crippen LogP contribution in [0.4, 0.5) is 9.59 Å². The van der Waals surface area contributed by atoms with E-state index < -0.39 is 29.7 Å². The fourth-order valence-electron chi connectivity index (χ4n) is 2.29. The molecule has 3 amide bonds. The second-order valence-electron chi connectivity index (χ2n) is 7.35. The molecule has 0 aliphatic rings. The Morgan fingerprint density at radius 2 is 1.76 bits per heavy atom. The Morgan fingerprint density at radius 1 is 1.10 bits per heavy atom. The maximum Gasteiger partial charge on any atom is 0.408 e. The molecule has 9 heteroatoms. The highest BCUT2D eigenvalue weighted by Crippen LogP contribution is 2.09. The Kier molecular flexibility index (Phi) is 9.94. The lowest BCUT2D eigenvalue weighted by atomic mass is 10.1. The zero-order valence-electron chi connectivity index (χ0n) is 17.7. The standard InChI is InChI=1S/C20H31N3O6/c1-20(2,3)29-19(26)22-16(17(24)23(4)27-5)12-9-13-21-18(25)28-14-15-10-7-6-8-11-15/h6-8,10-11,16H,9,12-14H2,1-5H3,(H,21,25)(H,22,26)/t16-/m0/s1. The summed E-state index contributed by atoms with van der Waals surface area (Å²) in [6.07, 6.45) is -0.531. The number of nitrogens with zero attached hydrogens (tertiary/aromatic N) is 1. The quantitative estimate of drug-likeness (QED) is 0.480. The molecule has 0 aromatic heterocycles. The lowest BCUT2D eigenvalue weighted by Gasteiger charge is -2.25. The Labute approximate surface area is 171 Å². The molecule has 0 unspecified atom stereocenters. The van der Waals surface area contributed by atoms with Gasteiger partial charge in [-0.1, -0.05) is 30.3 Å². The molecule has 0 saturated heterocycles. The van der Waals surface area contributed by atoms with E-state index in [-0.39, 0.29) is 19.6 Å². The Balaban J connectivity index is 2.45. The van der Waals surface area contributed by atoms with Gasteiger partial charge in [0.1, 0.15) is 18.2 Å². The number of carbonyl (C=O) groups is 3. The number of alkyl carbamates (subject to hydrolysis) is 2. The highest BCUT2D eigenvalue weighted by Gasteiger charge is 2.26. The van der Waals surface area contributed by atoms with Crippen LogP contribution < -0.4 is 10.6 Å². The molecule has 0 radical (unpaired) electrons. The molecule has 0 bridgehead atoms. The van der Waals surface area contributed by atoms with E-state index in [2.05, 4.69) is 10.6 Å². The molecule has 1 rings (SSSR count). The van der Waals surface area contributed by atoms with Gasteiger partial charge in [0.25, 0.3) is 5.91 Å². The predicted octanol–water partition coefficient (Wildman–Crippen LogP) is 2.61. The molecule has 29 heavy (non-hydrogen) atoms. The van der Waals surface area contributed by atoms with E-state index in [1.54, 1.807) is 20.8 Å². The van der Waals surface area contributed by atoms with E-state index in [9.17, 15) is 14.4 Å². The minimum Gasteiger partial charge on any atom is -0.445 e. The van der Waals surface area contributed by atoms with Crippen molar-refractivity contribution in [1.82, 2.24) is 15.7 Å². The van der Waals surface area contributed by atoms with Gasteiger partial charge in [-0.15, -0.1) is 0 Å². The van der Waals surface area contributed by atoms with Crippen molar-refractivity contribution in [2.75, 3.05) is 20.7 Å². The van der Waals surface area contributed by atoms with Gasteiger partial charge in [0.2, 0.25) is 0 Å². The highest BCUT2D eigenvalue weighted by atomic mass is 16.7. The van der Waals surface area contributed by atoms with Crippen molar-refractivity contribution in [3.05, 3.63) is 35.9 Å². The zero-order valence-corrected chi connectivity index (χ0v) is 17.7. The first-order valence-electron chi connectivity index (χ1n) is 9.38. The maximum absolute atomic E-state index is 12.4. The van der Waals surface area contributed by atoms with Crippen LogP contribution in [0.1, 0.15) is 39.2 Å². The van der Waals surface area contributed by atoms with Crippen LogP contribution in [0.25, 0.3) is 0 Å². The molecule has 9 nitrogen and oxygen atoms in total. The van der Waals surface area contributed by atoms with E-state index in [0.717, 1.165) is 10.6 Å². The summed E-state index contributed by atoms with van der Waals surface area (Å²) >= 11 is 0. The van der Waals surface area contributed by atoms with Gasteiger partial charge in [-0.3, -0.25) is 9.63 Å². The summed E-state index contributed by atoms with van der Waals surface area (Å²) in [5, 5.41) is 6.20. The molecule has 162 valence electrons. The largest absolute Gasteiger partial charge is 0.445 e. The number of amides is 3. The third-order valence-electron chi connectivity index (χ3n) is 3.72. The summed E-state index contributed by atoms with van der Waals surface area (Å²) in [6.45, 7) is 5.65. The monoisotopic (exact) mass is 409 g/mol. The highest BCUT2D eigenvalue weighted by molar-refractivity contribution is 5.84. The van der Waals surface area contributed by atoms with Gasteiger partial charge in [-0.25, -0.2) is 14.7 Å². The van der Waals surface area contributed by atoms with E-state index in [4.69, 9.17) is 14.3 Å². The molecule has 0 saturated carbocycles. The number of likely N-dealkylation sites (N-methyl/N-ethyl adjacent to an activating group) is 1. The summed E-state index contributed by atoms with van der Waals surface area (Å²) in [5.74, 6) is -0.426. The SMILES string of the molecule is CON(C)C(=O)[C@H](CCCNC(=O)OCc1ccccc1)NC(=O)OC(C)(C)C. The van der Waals surface area contributed by atoms with Crippen molar-refractivity contribution in [2.24, 2.45) is 0 Å². The number of ether oxygens (including phenoxy) is 2. The van der Waals surface area contributed by atoms with Gasteiger partial charge in [-0.2, -0.15) is 0 Å². The van der Waals surface area contributed by atoms with Crippen molar-refractivity contribution in [3.8, 4) is 0 Å². The van der Waals surface area contributed by atoms with Crippen LogP contribution in [0.2, 0.25) is 0 Å². The summed E-state index contributed by atoms with van der Waals surface area (Å²) in [6, 6.07) is 8.48. The summed E-state index contributed by atoms with van der Waals surface area (Å²) in [7, 11) is 2.80. The predicted molar refractivity (Wildman–Crippen MR) is 107 cm³/mol. The van der Waals surface area contributed by atoms with Crippen molar-refractivity contribution >= 4 is 18.1 Å². The number of hydroxylamine groups is 2. The van der Waals surface area contributed by atoms with Crippen LogP contribution in [0.15, 0.2) is 30.3 Å². The van der Waals surface area contributed by atoms with Crippen molar-refractivity contribution in [2.45, 2.75) is 51.9 Å². The first-order chi connectivity index (χ1) is 13.6. The zero-order chi connectivity index (χ0) is 21.9. The van der Waals surface area contributed by atoms with Crippen molar-refractivity contribution < 1.29 is 28.7 Å². The second kappa shape index (κ2) is 11.9. The lowest BCUT2D eigenvalue weighted by Crippen LogP contribution is -2.48. The summed E-state index contributed by atoms with van der Waals surface area (Å²) in [4.78, 5) is 41.1. The molecule has 0 spiro atoms. The third-order valence-corrected chi connectivity index (χ3v) is 3.72. The Hall–Kier alpha value is -2.81. The maximum atomic E-state index is 12.4. The molecule has 1 aromatic rings. The average Bonchev–Trinajstić information content (AvgIpc) is 2.66. The summed E-state index contributed by atoms with van der Waals surface area (Å²) in [5.41, 5.74) is 0.201. The smallest absolute Gasteiger partial charge is 0.408 e. The fraction of sp³-hybridized carbons (Fsp3) is 0.550. The Morgan fingerprint density at radius 3 is 2.34 bits per heavy atom. The molecule has 1 atom stereocenters. The molecular formula is C20H31N3O6. The van der Waals surface area contributed by atoms with Gasteiger partial charge in [0.05, 0.1) is 7.11 Å². The van der Waals surface area contributed by atoms with Crippen LogP contribution in [0.5, 0.6) is 0 Å². The lowest BCUT2D eigenvalue weighted by molar-refractivity contribution is -0.171. The minimum atomic E-state index is -0.850. The van der Waals surface area contributed by atoms with E-state index >= 15 is 0 Å².